The number of hydrogen-bond acceptors (Lipinski definition) is 4. The number of rotatable bonds is 6. The van der Waals surface area contributed by atoms with E-state index in [2.05, 4.69) is 4.98 Å². The first-order valence-electron chi connectivity index (χ1n) is 8.69. The fourth-order valence-corrected chi connectivity index (χ4v) is 3.18. The van der Waals surface area contributed by atoms with Gasteiger partial charge >= 0.3 is 0 Å². The van der Waals surface area contributed by atoms with Gasteiger partial charge in [0, 0.05) is 26.4 Å². The lowest BCUT2D eigenvalue weighted by Gasteiger charge is -2.27. The van der Waals surface area contributed by atoms with Gasteiger partial charge < -0.3 is 18.9 Å². The highest BCUT2D eigenvalue weighted by atomic mass is 16.5. The van der Waals surface area contributed by atoms with Gasteiger partial charge in [-0.3, -0.25) is 4.79 Å². The van der Waals surface area contributed by atoms with E-state index < -0.39 is 0 Å². The van der Waals surface area contributed by atoms with Gasteiger partial charge in [0.2, 0.25) is 5.91 Å². The van der Waals surface area contributed by atoms with E-state index in [-0.39, 0.29) is 5.91 Å². The molecule has 0 N–H and O–H groups in total. The predicted octanol–water partition coefficient (Wildman–Crippen LogP) is 2.34. The van der Waals surface area contributed by atoms with Crippen molar-refractivity contribution in [3.8, 4) is 11.5 Å². The van der Waals surface area contributed by atoms with Crippen LogP contribution in [0, 0.1) is 0 Å². The molecule has 0 saturated heterocycles. The number of aryl methyl sites for hydroxylation is 2. The third-order valence-corrected chi connectivity index (χ3v) is 4.61. The smallest absolute Gasteiger partial charge is 0.223 e. The molecule has 1 aliphatic heterocycles. The van der Waals surface area contributed by atoms with Crippen LogP contribution in [0.2, 0.25) is 0 Å². The van der Waals surface area contributed by atoms with Crippen molar-refractivity contribution in [2.45, 2.75) is 32.7 Å². The van der Waals surface area contributed by atoms with Crippen molar-refractivity contribution in [3.63, 3.8) is 0 Å². The monoisotopic (exact) mass is 343 g/mol. The van der Waals surface area contributed by atoms with Crippen molar-refractivity contribution in [3.05, 3.63) is 41.5 Å². The lowest BCUT2D eigenvalue weighted by Crippen LogP contribution is -2.36. The third kappa shape index (κ3) is 3.78. The highest BCUT2D eigenvalue weighted by molar-refractivity contribution is 5.76. The van der Waals surface area contributed by atoms with Crippen LogP contribution in [0.4, 0.5) is 0 Å². The van der Waals surface area contributed by atoms with E-state index in [1.165, 1.54) is 0 Å². The fraction of sp³-hybridized carbons (Fsp3) is 0.474. The summed E-state index contributed by atoms with van der Waals surface area (Å²) >= 11 is 0. The Morgan fingerprint density at radius 1 is 1.32 bits per heavy atom. The molecule has 1 aliphatic rings. The molecule has 25 heavy (non-hydrogen) atoms. The summed E-state index contributed by atoms with van der Waals surface area (Å²) in [6.07, 6.45) is 3.84. The second-order valence-electron chi connectivity index (χ2n) is 6.23. The molecule has 0 atom stereocenters. The van der Waals surface area contributed by atoms with E-state index in [4.69, 9.17) is 9.47 Å². The molecule has 1 amide bonds. The summed E-state index contributed by atoms with van der Waals surface area (Å²) in [5, 5.41) is 0. The molecule has 0 bridgehead atoms. The topological polar surface area (TPSA) is 56.6 Å². The maximum Gasteiger partial charge on any atom is 0.223 e. The number of nitrogens with zero attached hydrogens (tertiary/aromatic N) is 3. The second kappa shape index (κ2) is 7.59. The molecule has 2 heterocycles. The predicted molar refractivity (Wildman–Crippen MR) is 94.8 cm³/mol. The number of carbonyl (C=O) groups is 1. The first-order valence-corrected chi connectivity index (χ1v) is 8.69. The van der Waals surface area contributed by atoms with E-state index in [0.29, 0.717) is 31.7 Å². The molecule has 0 fully saturated rings. The van der Waals surface area contributed by atoms with Crippen LogP contribution in [-0.2, 0) is 31.2 Å². The first-order chi connectivity index (χ1) is 12.1. The molecule has 0 saturated carbocycles. The Morgan fingerprint density at radius 3 is 2.92 bits per heavy atom. The van der Waals surface area contributed by atoms with Gasteiger partial charge in [0.25, 0.3) is 0 Å². The van der Waals surface area contributed by atoms with Crippen molar-refractivity contribution in [1.29, 1.82) is 0 Å². The normalized spacial score (nSPS) is 13.5. The average Bonchev–Trinajstić information content (AvgIpc) is 3.01. The largest absolute Gasteiger partial charge is 0.493 e. The molecule has 0 radical (unpaired) electrons. The van der Waals surface area contributed by atoms with E-state index in [9.17, 15) is 4.79 Å². The SMILES string of the molecule is CCOc1ccc(CCC(=O)N2CCc3ncn(C)c3C2)cc1OC. The van der Waals surface area contributed by atoms with Crippen molar-refractivity contribution in [1.82, 2.24) is 14.5 Å². The summed E-state index contributed by atoms with van der Waals surface area (Å²) in [7, 11) is 3.61. The number of hydrogen-bond donors (Lipinski definition) is 0. The molecule has 1 aromatic heterocycles. The maximum atomic E-state index is 12.6. The van der Waals surface area contributed by atoms with Crippen LogP contribution < -0.4 is 9.47 Å². The number of carbonyl (C=O) groups excluding carboxylic acids is 1. The number of aromatic nitrogens is 2. The van der Waals surface area contributed by atoms with Crippen LogP contribution in [-0.4, -0.2) is 40.6 Å². The summed E-state index contributed by atoms with van der Waals surface area (Å²) in [6, 6.07) is 5.86. The zero-order valence-electron chi connectivity index (χ0n) is 15.1. The average molecular weight is 343 g/mol. The lowest BCUT2D eigenvalue weighted by molar-refractivity contribution is -0.132. The van der Waals surface area contributed by atoms with Crippen LogP contribution in [0.1, 0.15) is 30.3 Å². The maximum absolute atomic E-state index is 12.6. The van der Waals surface area contributed by atoms with Gasteiger partial charge in [0.1, 0.15) is 0 Å². The summed E-state index contributed by atoms with van der Waals surface area (Å²) in [5.74, 6) is 1.63. The molecule has 6 nitrogen and oxygen atoms in total. The van der Waals surface area contributed by atoms with Gasteiger partial charge in [-0.2, -0.15) is 0 Å². The molecule has 6 heteroatoms. The molecular weight excluding hydrogens is 318 g/mol. The van der Waals surface area contributed by atoms with Gasteiger partial charge in [0.05, 0.1) is 38.0 Å². The van der Waals surface area contributed by atoms with Crippen LogP contribution in [0.5, 0.6) is 11.5 Å². The molecule has 0 unspecified atom stereocenters. The number of benzene rings is 1. The van der Waals surface area contributed by atoms with Gasteiger partial charge in [-0.05, 0) is 31.0 Å². The van der Waals surface area contributed by atoms with E-state index in [1.807, 2.05) is 48.0 Å². The van der Waals surface area contributed by atoms with Crippen LogP contribution in [0.25, 0.3) is 0 Å². The van der Waals surface area contributed by atoms with Gasteiger partial charge in [-0.15, -0.1) is 0 Å². The Labute approximate surface area is 148 Å². The Morgan fingerprint density at radius 2 is 2.16 bits per heavy atom. The standard InChI is InChI=1S/C19H25N3O3/c1-4-25-17-7-5-14(11-18(17)24-3)6-8-19(23)22-10-9-15-16(12-22)21(2)13-20-15/h5,7,11,13H,4,6,8-10,12H2,1-3H3. The number of fused-ring (bicyclic) bond motifs is 1. The number of imidazole rings is 1. The van der Waals surface area contributed by atoms with Crippen LogP contribution >= 0.6 is 0 Å². The Balaban J connectivity index is 1.60. The summed E-state index contributed by atoms with van der Waals surface area (Å²) < 4.78 is 12.9. The van der Waals surface area contributed by atoms with Gasteiger partial charge in [0.15, 0.2) is 11.5 Å². The molecule has 3 rings (SSSR count). The number of ether oxygens (including phenoxy) is 2. The van der Waals surface area contributed by atoms with Crippen LogP contribution in [0.3, 0.4) is 0 Å². The van der Waals surface area contributed by atoms with E-state index in [0.717, 1.165) is 35.7 Å². The van der Waals surface area contributed by atoms with Crippen molar-refractivity contribution < 1.29 is 14.3 Å². The van der Waals surface area contributed by atoms with Crippen molar-refractivity contribution >= 4 is 5.91 Å². The van der Waals surface area contributed by atoms with E-state index in [1.54, 1.807) is 7.11 Å². The Hall–Kier alpha value is -2.50. The zero-order valence-corrected chi connectivity index (χ0v) is 15.1. The minimum atomic E-state index is 0.180. The third-order valence-electron chi connectivity index (χ3n) is 4.61. The van der Waals surface area contributed by atoms with Crippen molar-refractivity contribution in [2.24, 2.45) is 7.05 Å². The van der Waals surface area contributed by atoms with Gasteiger partial charge in [-0.25, -0.2) is 4.98 Å². The second-order valence-corrected chi connectivity index (χ2v) is 6.23. The zero-order chi connectivity index (χ0) is 17.8. The highest BCUT2D eigenvalue weighted by Crippen LogP contribution is 2.28. The summed E-state index contributed by atoms with van der Waals surface area (Å²) in [4.78, 5) is 18.9. The Kier molecular flexibility index (Phi) is 5.26. The molecule has 0 spiro atoms. The van der Waals surface area contributed by atoms with Crippen LogP contribution in [0.15, 0.2) is 24.5 Å². The number of methoxy groups -OCH3 is 1. The first kappa shape index (κ1) is 17.3. The van der Waals surface area contributed by atoms with Crippen molar-refractivity contribution in [2.75, 3.05) is 20.3 Å². The molecule has 2 aromatic rings. The lowest BCUT2D eigenvalue weighted by atomic mass is 10.1. The van der Waals surface area contributed by atoms with E-state index >= 15 is 0 Å². The Bertz CT molecular complexity index is 754. The molecule has 134 valence electrons. The molecule has 1 aromatic carbocycles. The quantitative estimate of drug-likeness (QED) is 0.808. The minimum absolute atomic E-state index is 0.180. The minimum Gasteiger partial charge on any atom is -0.493 e. The summed E-state index contributed by atoms with van der Waals surface area (Å²) in [6.45, 7) is 3.93. The summed E-state index contributed by atoms with van der Waals surface area (Å²) in [5.41, 5.74) is 3.33. The molecular formula is C19H25N3O3. The fourth-order valence-electron chi connectivity index (χ4n) is 3.18. The highest BCUT2D eigenvalue weighted by Gasteiger charge is 2.23. The number of amides is 1. The van der Waals surface area contributed by atoms with Gasteiger partial charge in [-0.1, -0.05) is 6.07 Å². The molecule has 0 aliphatic carbocycles.